The van der Waals surface area contributed by atoms with Crippen molar-refractivity contribution in [1.29, 1.82) is 0 Å². The summed E-state index contributed by atoms with van der Waals surface area (Å²) in [5, 5.41) is 4.20. The molecule has 0 aliphatic carbocycles. The number of likely N-dealkylation sites (N-methyl/N-ethyl adjacent to an activating group) is 1. The molecule has 2 N–H and O–H groups in total. The van der Waals surface area contributed by atoms with Crippen LogP contribution in [-0.2, 0) is 17.8 Å². The molecule has 98 valence electrons. The lowest BCUT2D eigenvalue weighted by Gasteiger charge is -2.20. The SMILES string of the molecule is CCCn1ncnc1CN(C)CC(N)COC. The predicted octanol–water partition coefficient (Wildman–Crippen LogP) is 0.0936. The number of nitrogens with two attached hydrogens (primary N) is 1. The number of aromatic nitrogens is 3. The maximum Gasteiger partial charge on any atom is 0.140 e. The molecule has 0 saturated carbocycles. The van der Waals surface area contributed by atoms with Crippen molar-refractivity contribution in [2.75, 3.05) is 27.3 Å². The number of hydrogen-bond acceptors (Lipinski definition) is 5. The quantitative estimate of drug-likeness (QED) is 0.699. The molecule has 0 radical (unpaired) electrons. The lowest BCUT2D eigenvalue weighted by Crippen LogP contribution is -2.38. The van der Waals surface area contributed by atoms with Crippen LogP contribution in [-0.4, -0.2) is 53.0 Å². The van der Waals surface area contributed by atoms with E-state index in [2.05, 4.69) is 21.9 Å². The van der Waals surface area contributed by atoms with Crippen molar-refractivity contribution in [3.05, 3.63) is 12.2 Å². The van der Waals surface area contributed by atoms with Crippen molar-refractivity contribution in [3.8, 4) is 0 Å². The van der Waals surface area contributed by atoms with E-state index in [1.165, 1.54) is 0 Å². The first-order chi connectivity index (χ1) is 8.17. The molecular formula is C11H23N5O. The molecule has 0 aliphatic heterocycles. The van der Waals surface area contributed by atoms with E-state index in [0.717, 1.165) is 31.9 Å². The van der Waals surface area contributed by atoms with Gasteiger partial charge < -0.3 is 10.5 Å². The molecule has 1 unspecified atom stereocenters. The third kappa shape index (κ3) is 4.80. The molecule has 0 aliphatic rings. The summed E-state index contributed by atoms with van der Waals surface area (Å²) in [6.45, 7) is 5.16. The summed E-state index contributed by atoms with van der Waals surface area (Å²) in [7, 11) is 3.69. The highest BCUT2D eigenvalue weighted by molar-refractivity contribution is 4.84. The summed E-state index contributed by atoms with van der Waals surface area (Å²) >= 11 is 0. The maximum absolute atomic E-state index is 5.90. The molecule has 0 spiro atoms. The Morgan fingerprint density at radius 1 is 1.59 bits per heavy atom. The molecule has 0 bridgehead atoms. The molecule has 6 nitrogen and oxygen atoms in total. The van der Waals surface area contributed by atoms with Gasteiger partial charge >= 0.3 is 0 Å². The van der Waals surface area contributed by atoms with Crippen molar-refractivity contribution >= 4 is 0 Å². The Labute approximate surface area is 103 Å². The fraction of sp³-hybridized carbons (Fsp3) is 0.818. The summed E-state index contributed by atoms with van der Waals surface area (Å²) in [5.41, 5.74) is 5.90. The molecule has 1 rings (SSSR count). The molecule has 6 heteroatoms. The monoisotopic (exact) mass is 241 g/mol. The number of ether oxygens (including phenoxy) is 1. The van der Waals surface area contributed by atoms with E-state index in [1.54, 1.807) is 13.4 Å². The van der Waals surface area contributed by atoms with Crippen molar-refractivity contribution in [2.24, 2.45) is 5.73 Å². The van der Waals surface area contributed by atoms with Crippen LogP contribution in [0.1, 0.15) is 19.2 Å². The zero-order chi connectivity index (χ0) is 12.7. The fourth-order valence-electron chi connectivity index (χ4n) is 1.78. The first-order valence-electron chi connectivity index (χ1n) is 5.97. The van der Waals surface area contributed by atoms with Gasteiger partial charge in [-0.1, -0.05) is 6.92 Å². The lowest BCUT2D eigenvalue weighted by atomic mass is 10.3. The van der Waals surface area contributed by atoms with Gasteiger partial charge in [0.25, 0.3) is 0 Å². The molecule has 0 aromatic carbocycles. The highest BCUT2D eigenvalue weighted by Gasteiger charge is 2.10. The minimum Gasteiger partial charge on any atom is -0.383 e. The molecule has 1 aromatic rings. The second-order valence-electron chi connectivity index (χ2n) is 4.31. The van der Waals surface area contributed by atoms with Crippen molar-refractivity contribution in [1.82, 2.24) is 19.7 Å². The number of nitrogens with zero attached hydrogens (tertiary/aromatic N) is 4. The Morgan fingerprint density at radius 2 is 2.35 bits per heavy atom. The first-order valence-corrected chi connectivity index (χ1v) is 5.97. The van der Waals surface area contributed by atoms with Crippen LogP contribution in [0, 0.1) is 0 Å². The van der Waals surface area contributed by atoms with Gasteiger partial charge in [0.15, 0.2) is 0 Å². The van der Waals surface area contributed by atoms with E-state index in [4.69, 9.17) is 10.5 Å². The smallest absolute Gasteiger partial charge is 0.140 e. The Balaban J connectivity index is 2.44. The highest BCUT2D eigenvalue weighted by atomic mass is 16.5. The van der Waals surface area contributed by atoms with Gasteiger partial charge in [-0.15, -0.1) is 0 Å². The number of methoxy groups -OCH3 is 1. The van der Waals surface area contributed by atoms with Crippen LogP contribution < -0.4 is 5.73 Å². The van der Waals surface area contributed by atoms with E-state index in [1.807, 2.05) is 11.7 Å². The third-order valence-corrected chi connectivity index (χ3v) is 2.47. The van der Waals surface area contributed by atoms with Crippen LogP contribution in [0.5, 0.6) is 0 Å². The highest BCUT2D eigenvalue weighted by Crippen LogP contribution is 2.01. The topological polar surface area (TPSA) is 69.2 Å². The molecule has 1 atom stereocenters. The van der Waals surface area contributed by atoms with E-state index >= 15 is 0 Å². The van der Waals surface area contributed by atoms with Crippen LogP contribution in [0.4, 0.5) is 0 Å². The fourth-order valence-corrected chi connectivity index (χ4v) is 1.78. The van der Waals surface area contributed by atoms with E-state index in [-0.39, 0.29) is 6.04 Å². The minimum absolute atomic E-state index is 0.0348. The van der Waals surface area contributed by atoms with Gasteiger partial charge in [-0.05, 0) is 13.5 Å². The van der Waals surface area contributed by atoms with Crippen molar-refractivity contribution in [3.63, 3.8) is 0 Å². The maximum atomic E-state index is 5.90. The second-order valence-corrected chi connectivity index (χ2v) is 4.31. The average molecular weight is 241 g/mol. The Hall–Kier alpha value is -0.980. The standard InChI is InChI=1S/C11H23N5O/c1-4-5-16-11(13-9-14-16)7-15(2)6-10(12)8-17-3/h9-10H,4-8,12H2,1-3H3. The average Bonchev–Trinajstić information content (AvgIpc) is 2.66. The summed E-state index contributed by atoms with van der Waals surface area (Å²) in [6.07, 6.45) is 2.66. The van der Waals surface area contributed by atoms with Crippen LogP contribution >= 0.6 is 0 Å². The second kappa shape index (κ2) is 7.37. The molecular weight excluding hydrogens is 218 g/mol. The van der Waals surface area contributed by atoms with Gasteiger partial charge in [0, 0.05) is 26.2 Å². The molecule has 0 saturated heterocycles. The molecule has 17 heavy (non-hydrogen) atoms. The molecule has 1 aromatic heterocycles. The number of rotatable bonds is 8. The lowest BCUT2D eigenvalue weighted by molar-refractivity contribution is 0.158. The summed E-state index contributed by atoms with van der Waals surface area (Å²) in [6, 6.07) is 0.0348. The van der Waals surface area contributed by atoms with E-state index < -0.39 is 0 Å². The largest absolute Gasteiger partial charge is 0.383 e. The Morgan fingerprint density at radius 3 is 3.00 bits per heavy atom. The Bertz CT molecular complexity index is 315. The van der Waals surface area contributed by atoms with Crippen LogP contribution in [0.3, 0.4) is 0 Å². The van der Waals surface area contributed by atoms with Crippen LogP contribution in [0.15, 0.2) is 6.33 Å². The van der Waals surface area contributed by atoms with Gasteiger partial charge in [0.05, 0.1) is 13.2 Å². The van der Waals surface area contributed by atoms with E-state index in [0.29, 0.717) is 6.61 Å². The van der Waals surface area contributed by atoms with Gasteiger partial charge in [-0.3, -0.25) is 4.90 Å². The molecule has 1 heterocycles. The zero-order valence-corrected chi connectivity index (χ0v) is 11.0. The van der Waals surface area contributed by atoms with Crippen LogP contribution in [0.2, 0.25) is 0 Å². The van der Waals surface area contributed by atoms with Crippen LogP contribution in [0.25, 0.3) is 0 Å². The normalized spacial score (nSPS) is 13.2. The minimum atomic E-state index is 0.0348. The van der Waals surface area contributed by atoms with Gasteiger partial charge in [-0.25, -0.2) is 9.67 Å². The number of hydrogen-bond donors (Lipinski definition) is 1. The summed E-state index contributed by atoms with van der Waals surface area (Å²) in [4.78, 5) is 6.40. The summed E-state index contributed by atoms with van der Waals surface area (Å²) in [5.74, 6) is 0.985. The predicted molar refractivity (Wildman–Crippen MR) is 66.5 cm³/mol. The van der Waals surface area contributed by atoms with Gasteiger partial charge in [0.2, 0.25) is 0 Å². The Kier molecular flexibility index (Phi) is 6.10. The van der Waals surface area contributed by atoms with Crippen molar-refractivity contribution in [2.45, 2.75) is 32.5 Å². The first kappa shape index (κ1) is 14.1. The number of aryl methyl sites for hydroxylation is 1. The van der Waals surface area contributed by atoms with Gasteiger partial charge in [0.1, 0.15) is 12.2 Å². The molecule has 0 fully saturated rings. The zero-order valence-electron chi connectivity index (χ0n) is 11.0. The van der Waals surface area contributed by atoms with Crippen molar-refractivity contribution < 1.29 is 4.74 Å². The van der Waals surface area contributed by atoms with Gasteiger partial charge in [-0.2, -0.15) is 5.10 Å². The third-order valence-electron chi connectivity index (χ3n) is 2.47. The van der Waals surface area contributed by atoms with E-state index in [9.17, 15) is 0 Å². The summed E-state index contributed by atoms with van der Waals surface area (Å²) < 4.78 is 6.96. The molecule has 0 amide bonds.